The van der Waals surface area contributed by atoms with Crippen LogP contribution in [0, 0.1) is 0 Å². The van der Waals surface area contributed by atoms with E-state index in [1.165, 1.54) is 24.2 Å². The summed E-state index contributed by atoms with van der Waals surface area (Å²) in [6, 6.07) is 10.3. The van der Waals surface area contributed by atoms with Crippen LogP contribution in [0.4, 0.5) is 11.4 Å². The van der Waals surface area contributed by atoms with Crippen molar-refractivity contribution in [2.24, 2.45) is 0 Å². The topological polar surface area (TPSA) is 6.48 Å². The minimum atomic E-state index is 0.600. The van der Waals surface area contributed by atoms with E-state index >= 15 is 0 Å². The van der Waals surface area contributed by atoms with Gasteiger partial charge in [-0.05, 0) is 64.8 Å². The molecule has 0 N–H and O–H groups in total. The molecule has 2 heteroatoms. The molecule has 2 nitrogen and oxygen atoms in total. The zero-order chi connectivity index (χ0) is 15.1. The lowest BCUT2D eigenvalue weighted by Gasteiger charge is -2.32. The molecule has 0 saturated carbocycles. The molecule has 1 rings (SSSR count). The summed E-state index contributed by atoms with van der Waals surface area (Å²) >= 11 is 0. The van der Waals surface area contributed by atoms with Gasteiger partial charge in [0.05, 0.1) is 0 Å². The van der Waals surface area contributed by atoms with Gasteiger partial charge < -0.3 is 9.80 Å². The Kier molecular flexibility index (Phi) is 6.90. The molecule has 0 bridgehead atoms. The molecule has 0 aromatic heterocycles. The molecule has 0 fully saturated rings. The molecule has 114 valence electrons. The van der Waals surface area contributed by atoms with E-state index in [1.807, 2.05) is 0 Å². The van der Waals surface area contributed by atoms with E-state index < -0.39 is 0 Å². The number of anilines is 2. The Balaban J connectivity index is 2.92. The molecule has 0 radical (unpaired) electrons. The quantitative estimate of drug-likeness (QED) is 0.664. The third kappa shape index (κ3) is 3.91. The lowest BCUT2D eigenvalue weighted by molar-refractivity contribution is 0.626. The average molecular weight is 276 g/mol. The molecule has 2 atom stereocenters. The van der Waals surface area contributed by atoms with E-state index in [0.717, 1.165) is 13.1 Å². The van der Waals surface area contributed by atoms with E-state index in [4.69, 9.17) is 0 Å². The maximum Gasteiger partial charge on any atom is 0.0370 e. The summed E-state index contributed by atoms with van der Waals surface area (Å²) in [7, 11) is 0. The van der Waals surface area contributed by atoms with E-state index in [2.05, 4.69) is 75.6 Å². The normalized spacial score (nSPS) is 13.9. The Morgan fingerprint density at radius 2 is 1.00 bits per heavy atom. The molecule has 1 aromatic carbocycles. The van der Waals surface area contributed by atoms with Gasteiger partial charge in [-0.2, -0.15) is 0 Å². The average Bonchev–Trinajstić information content (AvgIpc) is 2.49. The molecule has 1 aromatic rings. The van der Waals surface area contributed by atoms with Crippen molar-refractivity contribution >= 4 is 11.4 Å². The molecule has 20 heavy (non-hydrogen) atoms. The van der Waals surface area contributed by atoms with Crippen molar-refractivity contribution in [1.29, 1.82) is 0 Å². The Hall–Kier alpha value is -1.18. The predicted molar refractivity (Wildman–Crippen MR) is 92.0 cm³/mol. The second-order valence-corrected chi connectivity index (χ2v) is 5.60. The summed E-state index contributed by atoms with van der Waals surface area (Å²) in [6.45, 7) is 15.7. The fraction of sp³-hybridized carbons (Fsp3) is 0.667. The fourth-order valence-electron chi connectivity index (χ4n) is 2.77. The molecule has 0 amide bonds. The van der Waals surface area contributed by atoms with Crippen molar-refractivity contribution in [2.75, 3.05) is 22.9 Å². The molecule has 0 aliphatic heterocycles. The van der Waals surface area contributed by atoms with Gasteiger partial charge >= 0.3 is 0 Å². The SMILES string of the molecule is CCC(C)N(CC)c1ccc(N(CC)C(C)CC)cc1. The number of nitrogens with zero attached hydrogens (tertiary/aromatic N) is 2. The Morgan fingerprint density at radius 3 is 1.20 bits per heavy atom. The highest BCUT2D eigenvalue weighted by molar-refractivity contribution is 5.57. The molecule has 0 heterocycles. The molecule has 0 spiro atoms. The molecular weight excluding hydrogens is 244 g/mol. The van der Waals surface area contributed by atoms with Gasteiger partial charge in [0, 0.05) is 36.5 Å². The van der Waals surface area contributed by atoms with Crippen LogP contribution >= 0.6 is 0 Å². The standard InChI is InChI=1S/C18H32N2/c1-7-15(5)19(9-3)17-11-13-18(14-12-17)20(10-4)16(6)8-2/h11-16H,7-10H2,1-6H3. The van der Waals surface area contributed by atoms with Crippen molar-refractivity contribution in [1.82, 2.24) is 0 Å². The van der Waals surface area contributed by atoms with Gasteiger partial charge in [-0.1, -0.05) is 13.8 Å². The van der Waals surface area contributed by atoms with Gasteiger partial charge in [0.1, 0.15) is 0 Å². The molecule has 0 saturated heterocycles. The van der Waals surface area contributed by atoms with Crippen molar-refractivity contribution in [3.63, 3.8) is 0 Å². The Morgan fingerprint density at radius 1 is 0.700 bits per heavy atom. The van der Waals surface area contributed by atoms with Crippen LogP contribution in [0.15, 0.2) is 24.3 Å². The van der Waals surface area contributed by atoms with Gasteiger partial charge in [-0.25, -0.2) is 0 Å². The largest absolute Gasteiger partial charge is 0.369 e. The zero-order valence-electron chi connectivity index (χ0n) is 14.2. The second-order valence-electron chi connectivity index (χ2n) is 5.60. The highest BCUT2D eigenvalue weighted by atomic mass is 15.2. The number of hydrogen-bond acceptors (Lipinski definition) is 2. The summed E-state index contributed by atoms with van der Waals surface area (Å²) in [5.74, 6) is 0. The maximum absolute atomic E-state index is 2.48. The third-order valence-corrected chi connectivity index (χ3v) is 4.44. The van der Waals surface area contributed by atoms with Gasteiger partial charge in [-0.3, -0.25) is 0 Å². The van der Waals surface area contributed by atoms with Crippen LogP contribution in [-0.4, -0.2) is 25.2 Å². The van der Waals surface area contributed by atoms with Gasteiger partial charge in [-0.15, -0.1) is 0 Å². The summed E-state index contributed by atoms with van der Waals surface area (Å²) in [6.07, 6.45) is 2.37. The van der Waals surface area contributed by atoms with E-state index in [9.17, 15) is 0 Å². The van der Waals surface area contributed by atoms with E-state index in [1.54, 1.807) is 0 Å². The summed E-state index contributed by atoms with van der Waals surface area (Å²) in [5, 5.41) is 0. The highest BCUT2D eigenvalue weighted by Crippen LogP contribution is 2.24. The predicted octanol–water partition coefficient (Wildman–Crippen LogP) is 4.94. The Labute approximate surface area is 125 Å². The van der Waals surface area contributed by atoms with Gasteiger partial charge in [0.25, 0.3) is 0 Å². The van der Waals surface area contributed by atoms with Crippen molar-refractivity contribution < 1.29 is 0 Å². The van der Waals surface area contributed by atoms with Crippen molar-refractivity contribution in [3.05, 3.63) is 24.3 Å². The number of rotatable bonds is 8. The van der Waals surface area contributed by atoms with Crippen molar-refractivity contribution in [2.45, 2.75) is 66.5 Å². The summed E-state index contributed by atoms with van der Waals surface area (Å²) < 4.78 is 0. The maximum atomic E-state index is 2.48. The second kappa shape index (κ2) is 8.18. The molecular formula is C18H32N2. The first-order chi connectivity index (χ1) is 9.58. The smallest absolute Gasteiger partial charge is 0.0370 e. The van der Waals surface area contributed by atoms with Gasteiger partial charge in [0.2, 0.25) is 0 Å². The van der Waals surface area contributed by atoms with Crippen LogP contribution in [0.5, 0.6) is 0 Å². The van der Waals surface area contributed by atoms with Crippen LogP contribution in [0.25, 0.3) is 0 Å². The fourth-order valence-corrected chi connectivity index (χ4v) is 2.77. The van der Waals surface area contributed by atoms with Crippen LogP contribution in [-0.2, 0) is 0 Å². The minimum Gasteiger partial charge on any atom is -0.369 e. The third-order valence-electron chi connectivity index (χ3n) is 4.44. The molecule has 2 unspecified atom stereocenters. The zero-order valence-corrected chi connectivity index (χ0v) is 14.2. The van der Waals surface area contributed by atoms with Crippen LogP contribution < -0.4 is 9.80 Å². The van der Waals surface area contributed by atoms with Crippen molar-refractivity contribution in [3.8, 4) is 0 Å². The van der Waals surface area contributed by atoms with Crippen LogP contribution in [0.3, 0.4) is 0 Å². The molecule has 0 aliphatic carbocycles. The van der Waals surface area contributed by atoms with Crippen LogP contribution in [0.2, 0.25) is 0 Å². The Bertz CT molecular complexity index is 335. The highest BCUT2D eigenvalue weighted by Gasteiger charge is 2.13. The summed E-state index contributed by atoms with van der Waals surface area (Å²) in [4.78, 5) is 4.95. The lowest BCUT2D eigenvalue weighted by atomic mass is 10.1. The first-order valence-corrected chi connectivity index (χ1v) is 8.22. The van der Waals surface area contributed by atoms with E-state index in [-0.39, 0.29) is 0 Å². The summed E-state index contributed by atoms with van der Waals surface area (Å²) in [5.41, 5.74) is 2.68. The number of benzene rings is 1. The molecule has 0 aliphatic rings. The van der Waals surface area contributed by atoms with Crippen LogP contribution in [0.1, 0.15) is 54.4 Å². The minimum absolute atomic E-state index is 0.600. The number of hydrogen-bond donors (Lipinski definition) is 0. The van der Waals surface area contributed by atoms with Gasteiger partial charge in [0.15, 0.2) is 0 Å². The lowest BCUT2D eigenvalue weighted by Crippen LogP contribution is -2.33. The first kappa shape index (κ1) is 16.9. The monoisotopic (exact) mass is 276 g/mol. The van der Waals surface area contributed by atoms with E-state index in [0.29, 0.717) is 12.1 Å². The first-order valence-electron chi connectivity index (χ1n) is 8.22.